The van der Waals surface area contributed by atoms with E-state index in [1.54, 1.807) is 0 Å². The summed E-state index contributed by atoms with van der Waals surface area (Å²) in [5, 5.41) is 0. The summed E-state index contributed by atoms with van der Waals surface area (Å²) in [5.74, 6) is 1.56. The summed E-state index contributed by atoms with van der Waals surface area (Å²) < 4.78 is 16.4. The first-order valence-corrected chi connectivity index (χ1v) is 24.1. The maximum atomic E-state index is 11.0. The Balaban J connectivity index is 4.74. The third-order valence-electron chi connectivity index (χ3n) is 2.97. The van der Waals surface area contributed by atoms with Crippen molar-refractivity contribution in [3.63, 3.8) is 0 Å². The molecule has 0 saturated heterocycles. The number of esters is 3. The third-order valence-corrected chi connectivity index (χ3v) is 43.0. The van der Waals surface area contributed by atoms with E-state index < -0.39 is 14.2 Å². The zero-order valence-corrected chi connectivity index (χ0v) is 21.3. The van der Waals surface area contributed by atoms with Gasteiger partial charge in [-0.15, -0.1) is 0 Å². The third kappa shape index (κ3) is 15.3. The molecule has 0 saturated carbocycles. The summed E-state index contributed by atoms with van der Waals surface area (Å²) in [5.41, 5.74) is 0. The minimum absolute atomic E-state index is 0.259. The first-order chi connectivity index (χ1) is 12.3. The van der Waals surface area contributed by atoms with Gasteiger partial charge in [0.1, 0.15) is 0 Å². The monoisotopic (exact) mass is 534 g/mol. The molecule has 0 aromatic carbocycles. The Kier molecular flexibility index (Phi) is 16.4. The summed E-state index contributed by atoms with van der Waals surface area (Å²) in [6.07, 6.45) is 2.27. The van der Waals surface area contributed by atoms with Gasteiger partial charge >= 0.3 is 170 Å². The van der Waals surface area contributed by atoms with Gasteiger partial charge in [-0.25, -0.2) is 0 Å². The summed E-state index contributed by atoms with van der Waals surface area (Å²) in [7, 11) is 5.84. The van der Waals surface area contributed by atoms with E-state index >= 15 is 0 Å². The number of ether oxygens (including phenoxy) is 3. The number of carbonyl (C=O) groups is 3. The van der Waals surface area contributed by atoms with Crippen LogP contribution >= 0.6 is 26.8 Å². The Hall–Kier alpha value is 0.259. The van der Waals surface area contributed by atoms with Gasteiger partial charge in [0.25, 0.3) is 0 Å². The molecule has 26 heavy (non-hydrogen) atoms. The standard InChI is InChI=1S/3C4H8O2S.C4H9.Sn/c3*1-4(5)6-2-3-7;1-3-4-2;/h3*7H,2-3H2,1H3;1,3-4H2,2H3;/q;;;;+3/p-3. The molecule has 0 unspecified atom stereocenters. The van der Waals surface area contributed by atoms with Crippen molar-refractivity contribution in [1.82, 2.24) is 0 Å². The van der Waals surface area contributed by atoms with Crippen molar-refractivity contribution in [2.75, 3.05) is 37.1 Å². The average Bonchev–Trinajstić information content (AvgIpc) is 2.57. The zero-order chi connectivity index (χ0) is 19.8. The van der Waals surface area contributed by atoms with E-state index in [1.807, 2.05) is 26.8 Å². The maximum absolute atomic E-state index is 11.0. The average molecular weight is 533 g/mol. The van der Waals surface area contributed by atoms with E-state index in [-0.39, 0.29) is 17.9 Å². The van der Waals surface area contributed by atoms with Crippen LogP contribution in [0.1, 0.15) is 40.5 Å². The summed E-state index contributed by atoms with van der Waals surface area (Å²) >= 11 is -2.73. The molecule has 0 bridgehead atoms. The Bertz CT molecular complexity index is 381. The fourth-order valence-electron chi connectivity index (χ4n) is 1.88. The normalized spacial score (nSPS) is 11.1. The van der Waals surface area contributed by atoms with Crippen molar-refractivity contribution in [3.8, 4) is 0 Å². The molecule has 10 heteroatoms. The Morgan fingerprint density at radius 2 is 1.08 bits per heavy atom. The predicted molar refractivity (Wildman–Crippen MR) is 113 cm³/mol. The van der Waals surface area contributed by atoms with Gasteiger partial charge in [0.2, 0.25) is 0 Å². The first-order valence-electron chi connectivity index (χ1n) is 8.63. The molecule has 152 valence electrons. The van der Waals surface area contributed by atoms with Gasteiger partial charge in [-0.2, -0.15) is 0 Å². The SMILES string of the molecule is CCC[CH2][Sn]([S]CCOC(C)=O)([S]CCOC(C)=O)[S]CCOC(C)=O. The van der Waals surface area contributed by atoms with E-state index in [4.69, 9.17) is 14.2 Å². The van der Waals surface area contributed by atoms with Crippen LogP contribution < -0.4 is 0 Å². The van der Waals surface area contributed by atoms with Gasteiger partial charge in [0.15, 0.2) is 0 Å². The van der Waals surface area contributed by atoms with Crippen LogP contribution in [-0.4, -0.2) is 69.2 Å². The number of hydrogen-bond acceptors (Lipinski definition) is 9. The Morgan fingerprint density at radius 3 is 1.35 bits per heavy atom. The zero-order valence-electron chi connectivity index (χ0n) is 16.0. The van der Waals surface area contributed by atoms with Crippen LogP contribution in [0.15, 0.2) is 0 Å². The van der Waals surface area contributed by atoms with Gasteiger partial charge in [-0.1, -0.05) is 0 Å². The number of carbonyl (C=O) groups excluding carboxylic acids is 3. The molecule has 6 nitrogen and oxygen atoms in total. The molecule has 0 atom stereocenters. The van der Waals surface area contributed by atoms with Gasteiger partial charge in [0.05, 0.1) is 0 Å². The second-order valence-corrected chi connectivity index (χ2v) is 39.4. The Labute approximate surface area is 168 Å². The molecule has 0 heterocycles. The molecule has 0 radical (unpaired) electrons. The number of rotatable bonds is 15. The molecule has 0 N–H and O–H groups in total. The van der Waals surface area contributed by atoms with Crippen LogP contribution in [0.5, 0.6) is 0 Å². The van der Waals surface area contributed by atoms with Crippen molar-refractivity contribution in [2.24, 2.45) is 0 Å². The van der Waals surface area contributed by atoms with Crippen molar-refractivity contribution >= 4 is 59.0 Å². The fraction of sp³-hybridized carbons (Fsp3) is 0.812. The molecule has 0 fully saturated rings. The molecule has 0 rings (SSSR count). The van der Waals surface area contributed by atoms with E-state index in [1.165, 1.54) is 25.2 Å². The second-order valence-electron chi connectivity index (χ2n) is 5.35. The second kappa shape index (κ2) is 16.2. The van der Waals surface area contributed by atoms with Crippen LogP contribution in [0.4, 0.5) is 0 Å². The molecule has 0 spiro atoms. The fourth-order valence-corrected chi connectivity index (χ4v) is 40.2. The van der Waals surface area contributed by atoms with E-state index in [2.05, 4.69) is 6.92 Å². The topological polar surface area (TPSA) is 78.9 Å². The van der Waals surface area contributed by atoms with Gasteiger partial charge in [-0.3, -0.25) is 0 Å². The Morgan fingerprint density at radius 1 is 0.731 bits per heavy atom. The van der Waals surface area contributed by atoms with E-state index in [0.29, 0.717) is 19.8 Å². The molecule has 0 aromatic rings. The summed E-state index contributed by atoms with van der Waals surface area (Å²) in [6, 6.07) is 0. The summed E-state index contributed by atoms with van der Waals surface area (Å²) in [4.78, 5) is 32.9. The van der Waals surface area contributed by atoms with Crippen LogP contribution in [0.3, 0.4) is 0 Å². The number of unbranched alkanes of at least 4 members (excludes halogenated alkanes) is 1. The molecular weight excluding hydrogens is 503 g/mol. The van der Waals surface area contributed by atoms with Crippen LogP contribution in [0.2, 0.25) is 4.44 Å². The van der Waals surface area contributed by atoms with Gasteiger partial charge in [-0.05, 0) is 0 Å². The van der Waals surface area contributed by atoms with Crippen molar-refractivity contribution in [3.05, 3.63) is 0 Å². The molecule has 0 aromatic heterocycles. The molecular formula is C16H30O6S3Sn. The van der Waals surface area contributed by atoms with Crippen LogP contribution in [0, 0.1) is 0 Å². The molecule has 0 amide bonds. The molecule has 0 aliphatic rings. The van der Waals surface area contributed by atoms with Crippen molar-refractivity contribution in [2.45, 2.75) is 45.0 Å². The van der Waals surface area contributed by atoms with Gasteiger partial charge in [0, 0.05) is 0 Å². The van der Waals surface area contributed by atoms with Gasteiger partial charge < -0.3 is 0 Å². The summed E-state index contributed by atoms with van der Waals surface area (Å²) in [6.45, 7) is 7.67. The van der Waals surface area contributed by atoms with E-state index in [0.717, 1.165) is 30.1 Å². The predicted octanol–water partition coefficient (Wildman–Crippen LogP) is 3.61. The van der Waals surface area contributed by atoms with E-state index in [9.17, 15) is 14.4 Å². The van der Waals surface area contributed by atoms with Crippen LogP contribution in [-0.2, 0) is 28.6 Å². The quantitative estimate of drug-likeness (QED) is 0.136. The molecule has 0 aliphatic heterocycles. The molecule has 0 aliphatic carbocycles. The number of hydrogen-bond donors (Lipinski definition) is 0. The first kappa shape index (κ1) is 26.3. The van der Waals surface area contributed by atoms with Crippen LogP contribution in [0.25, 0.3) is 0 Å². The van der Waals surface area contributed by atoms with Crippen molar-refractivity contribution in [1.29, 1.82) is 0 Å². The van der Waals surface area contributed by atoms with Crippen molar-refractivity contribution < 1.29 is 28.6 Å². The minimum atomic E-state index is -2.73.